The average Bonchev–Trinajstić information content (AvgIpc) is 3.28. The van der Waals surface area contributed by atoms with Crippen LogP contribution in [0.2, 0.25) is 0 Å². The SMILES string of the molecule is COc1ccc(-c2cn(Cc3nc4cccc(C)c4c(=O)n3-c3ccccc3C)nn2)c(C)c1. The van der Waals surface area contributed by atoms with E-state index in [1.54, 1.807) is 16.4 Å². The van der Waals surface area contributed by atoms with Crippen molar-refractivity contribution < 1.29 is 4.74 Å². The first kappa shape index (κ1) is 21.6. The molecule has 5 aromatic rings. The van der Waals surface area contributed by atoms with Gasteiger partial charge in [-0.15, -0.1) is 5.10 Å². The second-order valence-electron chi connectivity index (χ2n) is 8.41. The molecule has 0 unspecified atom stereocenters. The Morgan fingerprint density at radius 1 is 0.912 bits per heavy atom. The van der Waals surface area contributed by atoms with Gasteiger partial charge in [-0.2, -0.15) is 0 Å². The van der Waals surface area contributed by atoms with Crippen molar-refractivity contribution in [1.29, 1.82) is 0 Å². The fraction of sp³-hybridized carbons (Fsp3) is 0.185. The second kappa shape index (κ2) is 8.59. The molecule has 0 aliphatic rings. The Hall–Kier alpha value is -4.26. The third-order valence-electron chi connectivity index (χ3n) is 6.08. The van der Waals surface area contributed by atoms with Gasteiger partial charge in [0.05, 0.1) is 29.9 Å². The summed E-state index contributed by atoms with van der Waals surface area (Å²) in [6.07, 6.45) is 1.88. The minimum Gasteiger partial charge on any atom is -0.497 e. The molecular formula is C27H25N5O2. The number of nitrogens with zero attached hydrogens (tertiary/aromatic N) is 5. The van der Waals surface area contributed by atoms with Gasteiger partial charge in [-0.05, 0) is 67.8 Å². The predicted molar refractivity (Wildman–Crippen MR) is 133 cm³/mol. The molecular weight excluding hydrogens is 426 g/mol. The molecule has 0 spiro atoms. The van der Waals surface area contributed by atoms with Crippen molar-refractivity contribution in [3.8, 4) is 22.7 Å². The molecule has 0 radical (unpaired) electrons. The van der Waals surface area contributed by atoms with Gasteiger partial charge in [-0.25, -0.2) is 9.67 Å². The van der Waals surface area contributed by atoms with E-state index in [4.69, 9.17) is 9.72 Å². The highest BCUT2D eigenvalue weighted by Gasteiger charge is 2.17. The van der Waals surface area contributed by atoms with Crippen molar-refractivity contribution in [1.82, 2.24) is 24.5 Å². The average molecular weight is 452 g/mol. The van der Waals surface area contributed by atoms with E-state index in [9.17, 15) is 4.79 Å². The molecule has 0 aliphatic carbocycles. The lowest BCUT2D eigenvalue weighted by Crippen LogP contribution is -2.26. The maximum Gasteiger partial charge on any atom is 0.266 e. The maximum atomic E-state index is 13.7. The van der Waals surface area contributed by atoms with Gasteiger partial charge in [0, 0.05) is 5.56 Å². The first-order chi connectivity index (χ1) is 16.5. The van der Waals surface area contributed by atoms with E-state index >= 15 is 0 Å². The zero-order valence-electron chi connectivity index (χ0n) is 19.6. The number of hydrogen-bond acceptors (Lipinski definition) is 5. The van der Waals surface area contributed by atoms with E-state index in [1.807, 2.05) is 87.6 Å². The van der Waals surface area contributed by atoms with Crippen LogP contribution in [-0.4, -0.2) is 31.7 Å². The van der Waals surface area contributed by atoms with Gasteiger partial charge in [0.1, 0.15) is 23.8 Å². The van der Waals surface area contributed by atoms with Crippen LogP contribution < -0.4 is 10.3 Å². The lowest BCUT2D eigenvalue weighted by Gasteiger charge is -2.16. The number of rotatable bonds is 5. The molecule has 0 aliphatic heterocycles. The van der Waals surface area contributed by atoms with Crippen LogP contribution in [0.4, 0.5) is 0 Å². The van der Waals surface area contributed by atoms with Gasteiger partial charge in [-0.1, -0.05) is 35.5 Å². The minimum atomic E-state index is -0.0845. The molecule has 0 atom stereocenters. The topological polar surface area (TPSA) is 74.8 Å². The van der Waals surface area contributed by atoms with E-state index < -0.39 is 0 Å². The quantitative estimate of drug-likeness (QED) is 0.390. The number of aromatic nitrogens is 5. The zero-order chi connectivity index (χ0) is 23.8. The van der Waals surface area contributed by atoms with Crippen molar-refractivity contribution in [3.63, 3.8) is 0 Å². The molecule has 0 fully saturated rings. The van der Waals surface area contributed by atoms with E-state index in [0.717, 1.165) is 39.4 Å². The van der Waals surface area contributed by atoms with Gasteiger partial charge in [0.2, 0.25) is 0 Å². The van der Waals surface area contributed by atoms with E-state index in [1.165, 1.54) is 0 Å². The Kier molecular flexibility index (Phi) is 5.45. The Morgan fingerprint density at radius 2 is 1.71 bits per heavy atom. The highest BCUT2D eigenvalue weighted by atomic mass is 16.5. The Labute approximate surface area is 197 Å². The van der Waals surface area contributed by atoms with E-state index in [-0.39, 0.29) is 5.56 Å². The standard InChI is InChI=1S/C27H25N5O2/c1-17-8-5-6-11-24(17)32-25(28-22-10-7-9-18(2)26(22)27(32)33)16-31-15-23(29-30-31)21-13-12-20(34-4)14-19(21)3/h5-15H,16H2,1-4H3. The van der Waals surface area contributed by atoms with Crippen molar-refractivity contribution in [3.05, 3.63) is 99.7 Å². The van der Waals surface area contributed by atoms with Gasteiger partial charge < -0.3 is 4.74 Å². The molecule has 7 heteroatoms. The van der Waals surface area contributed by atoms with Crippen molar-refractivity contribution in [2.75, 3.05) is 7.11 Å². The lowest BCUT2D eigenvalue weighted by atomic mass is 10.1. The number of hydrogen-bond donors (Lipinski definition) is 0. The zero-order valence-corrected chi connectivity index (χ0v) is 19.6. The molecule has 7 nitrogen and oxygen atoms in total. The summed E-state index contributed by atoms with van der Waals surface area (Å²) in [5.41, 5.74) is 6.08. The number of benzene rings is 3. The third-order valence-corrected chi connectivity index (χ3v) is 6.08. The highest BCUT2D eigenvalue weighted by Crippen LogP contribution is 2.25. The normalized spacial score (nSPS) is 11.2. The van der Waals surface area contributed by atoms with Crippen LogP contribution in [-0.2, 0) is 6.54 Å². The molecule has 0 saturated carbocycles. The van der Waals surface area contributed by atoms with Crippen LogP contribution in [0.3, 0.4) is 0 Å². The smallest absolute Gasteiger partial charge is 0.266 e. The van der Waals surface area contributed by atoms with Crippen LogP contribution >= 0.6 is 0 Å². The number of methoxy groups -OCH3 is 1. The number of ether oxygens (including phenoxy) is 1. The summed E-state index contributed by atoms with van der Waals surface area (Å²) in [5.74, 6) is 1.40. The fourth-order valence-corrected chi connectivity index (χ4v) is 4.31. The van der Waals surface area contributed by atoms with Crippen molar-refractivity contribution >= 4 is 10.9 Å². The van der Waals surface area contributed by atoms with Crippen LogP contribution in [0.25, 0.3) is 27.8 Å². The van der Waals surface area contributed by atoms with Crippen molar-refractivity contribution in [2.45, 2.75) is 27.3 Å². The Balaban J connectivity index is 1.63. The molecule has 0 amide bonds. The summed E-state index contributed by atoms with van der Waals surface area (Å²) in [6.45, 7) is 6.25. The second-order valence-corrected chi connectivity index (χ2v) is 8.41. The van der Waals surface area contributed by atoms with Gasteiger partial charge in [0.15, 0.2) is 0 Å². The summed E-state index contributed by atoms with van der Waals surface area (Å²) in [6, 6.07) is 19.4. The summed E-state index contributed by atoms with van der Waals surface area (Å²) in [4.78, 5) is 18.6. The Bertz CT molecular complexity index is 1580. The first-order valence-electron chi connectivity index (χ1n) is 11.1. The molecule has 0 N–H and O–H groups in total. The molecule has 5 rings (SSSR count). The summed E-state index contributed by atoms with van der Waals surface area (Å²) in [5, 5.41) is 9.34. The van der Waals surface area contributed by atoms with Gasteiger partial charge in [-0.3, -0.25) is 9.36 Å². The molecule has 2 aromatic heterocycles. The van der Waals surface area contributed by atoms with Crippen LogP contribution in [0, 0.1) is 20.8 Å². The summed E-state index contributed by atoms with van der Waals surface area (Å²) in [7, 11) is 1.65. The van der Waals surface area contributed by atoms with E-state index in [2.05, 4.69) is 10.3 Å². The maximum absolute atomic E-state index is 13.7. The number of aryl methyl sites for hydroxylation is 3. The highest BCUT2D eigenvalue weighted by molar-refractivity contribution is 5.81. The number of para-hydroxylation sites is 1. The summed E-state index contributed by atoms with van der Waals surface area (Å²) >= 11 is 0. The van der Waals surface area contributed by atoms with Crippen LogP contribution in [0.15, 0.2) is 71.7 Å². The first-order valence-corrected chi connectivity index (χ1v) is 11.1. The number of fused-ring (bicyclic) bond motifs is 1. The van der Waals surface area contributed by atoms with Gasteiger partial charge in [0.25, 0.3) is 5.56 Å². The summed E-state index contributed by atoms with van der Waals surface area (Å²) < 4.78 is 8.73. The van der Waals surface area contributed by atoms with Crippen molar-refractivity contribution in [2.24, 2.45) is 0 Å². The predicted octanol–water partition coefficient (Wildman–Crippen LogP) is 4.63. The van der Waals surface area contributed by atoms with Crippen LogP contribution in [0.1, 0.15) is 22.5 Å². The molecule has 34 heavy (non-hydrogen) atoms. The monoisotopic (exact) mass is 451 g/mol. The lowest BCUT2D eigenvalue weighted by molar-refractivity contribution is 0.414. The largest absolute Gasteiger partial charge is 0.497 e. The minimum absolute atomic E-state index is 0.0845. The molecule has 0 bridgehead atoms. The Morgan fingerprint density at radius 3 is 2.47 bits per heavy atom. The molecule has 2 heterocycles. The fourth-order valence-electron chi connectivity index (χ4n) is 4.31. The van der Waals surface area contributed by atoms with Crippen LogP contribution in [0.5, 0.6) is 5.75 Å². The van der Waals surface area contributed by atoms with E-state index in [0.29, 0.717) is 23.3 Å². The molecule has 0 saturated heterocycles. The molecule has 3 aromatic carbocycles. The molecule has 170 valence electrons. The van der Waals surface area contributed by atoms with Gasteiger partial charge >= 0.3 is 0 Å². The third kappa shape index (κ3) is 3.75.